The summed E-state index contributed by atoms with van der Waals surface area (Å²) in [5.41, 5.74) is 0.464. The molecule has 10 heteroatoms. The van der Waals surface area contributed by atoms with E-state index in [-0.39, 0.29) is 5.56 Å². The Balaban J connectivity index is 1.62. The SMILES string of the molecule is COc1ccc2nc(NC(=O)COC(=O)c3cc(O)c(O)c(O)c3)sc2c1. The fourth-order valence-corrected chi connectivity index (χ4v) is 3.09. The van der Waals surface area contributed by atoms with Crippen molar-refractivity contribution in [1.82, 2.24) is 4.98 Å². The van der Waals surface area contributed by atoms with Crippen molar-refractivity contribution in [2.75, 3.05) is 19.0 Å². The summed E-state index contributed by atoms with van der Waals surface area (Å²) in [6.07, 6.45) is 0. The van der Waals surface area contributed by atoms with Gasteiger partial charge in [-0.3, -0.25) is 10.1 Å². The Labute approximate surface area is 156 Å². The summed E-state index contributed by atoms with van der Waals surface area (Å²) >= 11 is 1.23. The van der Waals surface area contributed by atoms with Crippen LogP contribution in [0.5, 0.6) is 23.0 Å². The number of benzene rings is 2. The van der Waals surface area contributed by atoms with Gasteiger partial charge in [0.15, 0.2) is 29.0 Å². The number of aromatic nitrogens is 1. The lowest BCUT2D eigenvalue weighted by molar-refractivity contribution is -0.119. The molecule has 9 nitrogen and oxygen atoms in total. The number of anilines is 1. The molecule has 1 amide bonds. The number of methoxy groups -OCH3 is 1. The Bertz CT molecular complexity index is 1010. The number of phenolic OH excluding ortho intramolecular Hbond substituents is 3. The summed E-state index contributed by atoms with van der Waals surface area (Å²) in [5, 5.41) is 30.9. The second-order valence-corrected chi connectivity index (χ2v) is 6.37. The van der Waals surface area contributed by atoms with Crippen LogP contribution in [0.4, 0.5) is 5.13 Å². The van der Waals surface area contributed by atoms with E-state index in [1.807, 2.05) is 0 Å². The van der Waals surface area contributed by atoms with Crippen LogP contribution in [0.3, 0.4) is 0 Å². The second-order valence-electron chi connectivity index (χ2n) is 5.34. The van der Waals surface area contributed by atoms with Gasteiger partial charge in [0.2, 0.25) is 0 Å². The molecular weight excluding hydrogens is 376 g/mol. The van der Waals surface area contributed by atoms with Gasteiger partial charge in [-0.05, 0) is 30.3 Å². The zero-order chi connectivity index (χ0) is 19.6. The first-order chi connectivity index (χ1) is 12.9. The Hall–Kier alpha value is -3.53. The highest BCUT2D eigenvalue weighted by atomic mass is 32.1. The molecular formula is C17H14N2O7S. The molecule has 3 aromatic rings. The number of thiazole rings is 1. The molecule has 140 valence electrons. The van der Waals surface area contributed by atoms with E-state index in [1.54, 1.807) is 25.3 Å². The molecule has 2 aromatic carbocycles. The van der Waals surface area contributed by atoms with E-state index in [2.05, 4.69) is 10.3 Å². The van der Waals surface area contributed by atoms with Crippen molar-refractivity contribution in [3.63, 3.8) is 0 Å². The third-order valence-electron chi connectivity index (χ3n) is 3.48. The fraction of sp³-hybridized carbons (Fsp3) is 0.118. The van der Waals surface area contributed by atoms with E-state index in [1.165, 1.54) is 11.3 Å². The molecule has 0 saturated carbocycles. The Morgan fingerprint density at radius 2 is 1.85 bits per heavy atom. The van der Waals surface area contributed by atoms with E-state index in [0.29, 0.717) is 16.4 Å². The van der Waals surface area contributed by atoms with Crippen LogP contribution in [-0.4, -0.2) is 45.9 Å². The minimum absolute atomic E-state index is 0.220. The third-order valence-corrected chi connectivity index (χ3v) is 4.42. The van der Waals surface area contributed by atoms with E-state index in [4.69, 9.17) is 9.47 Å². The highest BCUT2D eigenvalue weighted by molar-refractivity contribution is 7.22. The van der Waals surface area contributed by atoms with Gasteiger partial charge in [-0.2, -0.15) is 0 Å². The van der Waals surface area contributed by atoms with Crippen LogP contribution in [0.25, 0.3) is 10.2 Å². The average Bonchev–Trinajstić information content (AvgIpc) is 3.04. The summed E-state index contributed by atoms with van der Waals surface area (Å²) < 4.78 is 10.8. The number of esters is 1. The number of amides is 1. The fourth-order valence-electron chi connectivity index (χ4n) is 2.18. The van der Waals surface area contributed by atoms with Gasteiger partial charge in [0, 0.05) is 0 Å². The molecule has 1 heterocycles. The van der Waals surface area contributed by atoms with Gasteiger partial charge in [0.1, 0.15) is 5.75 Å². The predicted octanol–water partition coefficient (Wildman–Crippen LogP) is 2.22. The van der Waals surface area contributed by atoms with Gasteiger partial charge < -0.3 is 24.8 Å². The van der Waals surface area contributed by atoms with Gasteiger partial charge in [-0.15, -0.1) is 0 Å². The van der Waals surface area contributed by atoms with Crippen molar-refractivity contribution < 1.29 is 34.4 Å². The molecule has 0 bridgehead atoms. The molecule has 0 saturated heterocycles. The van der Waals surface area contributed by atoms with Crippen LogP contribution in [0.2, 0.25) is 0 Å². The lowest BCUT2D eigenvalue weighted by Gasteiger charge is -2.06. The summed E-state index contributed by atoms with van der Waals surface area (Å²) in [4.78, 5) is 28.1. The number of phenols is 3. The van der Waals surface area contributed by atoms with Gasteiger partial charge in [-0.1, -0.05) is 11.3 Å². The number of carbonyl (C=O) groups excluding carboxylic acids is 2. The monoisotopic (exact) mass is 390 g/mol. The predicted molar refractivity (Wildman–Crippen MR) is 96.5 cm³/mol. The minimum atomic E-state index is -0.954. The molecule has 0 atom stereocenters. The number of fused-ring (bicyclic) bond motifs is 1. The van der Waals surface area contributed by atoms with Crippen molar-refractivity contribution in [3.8, 4) is 23.0 Å². The van der Waals surface area contributed by atoms with Crippen molar-refractivity contribution in [3.05, 3.63) is 35.9 Å². The van der Waals surface area contributed by atoms with Crippen LogP contribution in [-0.2, 0) is 9.53 Å². The van der Waals surface area contributed by atoms with Crippen LogP contribution in [0.1, 0.15) is 10.4 Å². The molecule has 0 fully saturated rings. The molecule has 1 aromatic heterocycles. The van der Waals surface area contributed by atoms with E-state index in [0.717, 1.165) is 16.8 Å². The first kappa shape index (κ1) is 18.3. The number of nitrogens with one attached hydrogen (secondary N) is 1. The minimum Gasteiger partial charge on any atom is -0.504 e. The zero-order valence-corrected chi connectivity index (χ0v) is 14.7. The van der Waals surface area contributed by atoms with E-state index in [9.17, 15) is 24.9 Å². The van der Waals surface area contributed by atoms with Crippen molar-refractivity contribution >= 4 is 38.6 Å². The molecule has 0 aliphatic carbocycles. The zero-order valence-electron chi connectivity index (χ0n) is 13.9. The van der Waals surface area contributed by atoms with Gasteiger partial charge in [-0.25, -0.2) is 9.78 Å². The van der Waals surface area contributed by atoms with Crippen molar-refractivity contribution in [1.29, 1.82) is 0 Å². The molecule has 0 unspecified atom stereocenters. The number of rotatable bonds is 5. The van der Waals surface area contributed by atoms with Gasteiger partial charge in [0.05, 0.1) is 22.9 Å². The van der Waals surface area contributed by atoms with Crippen molar-refractivity contribution in [2.24, 2.45) is 0 Å². The third kappa shape index (κ3) is 4.01. The summed E-state index contributed by atoms with van der Waals surface area (Å²) in [6.45, 7) is -0.597. The molecule has 0 spiro atoms. The summed E-state index contributed by atoms with van der Waals surface area (Å²) in [6, 6.07) is 7.11. The van der Waals surface area contributed by atoms with Crippen LogP contribution < -0.4 is 10.1 Å². The van der Waals surface area contributed by atoms with Crippen LogP contribution in [0.15, 0.2) is 30.3 Å². The Morgan fingerprint density at radius 1 is 1.15 bits per heavy atom. The number of aromatic hydroxyl groups is 3. The standard InChI is InChI=1S/C17H14N2O7S/c1-25-9-2-3-10-13(6-9)27-17(18-10)19-14(22)7-26-16(24)8-4-11(20)15(23)12(21)5-8/h2-6,20-21,23H,7H2,1H3,(H,18,19,22). The number of carbonyl (C=O) groups is 2. The van der Waals surface area contributed by atoms with E-state index >= 15 is 0 Å². The molecule has 0 aliphatic heterocycles. The smallest absolute Gasteiger partial charge is 0.338 e. The maximum atomic E-state index is 12.0. The second kappa shape index (κ2) is 7.38. The lowest BCUT2D eigenvalue weighted by Crippen LogP contribution is -2.20. The maximum absolute atomic E-state index is 12.0. The molecule has 3 rings (SSSR count). The van der Waals surface area contributed by atoms with Gasteiger partial charge >= 0.3 is 5.97 Å². The quantitative estimate of drug-likeness (QED) is 0.384. The highest BCUT2D eigenvalue weighted by Crippen LogP contribution is 2.35. The maximum Gasteiger partial charge on any atom is 0.338 e. The van der Waals surface area contributed by atoms with E-state index < -0.39 is 35.7 Å². The van der Waals surface area contributed by atoms with Gasteiger partial charge in [0.25, 0.3) is 5.91 Å². The summed E-state index contributed by atoms with van der Waals surface area (Å²) in [7, 11) is 1.55. The summed E-state index contributed by atoms with van der Waals surface area (Å²) in [5.74, 6) is -3.02. The molecule has 0 radical (unpaired) electrons. The van der Waals surface area contributed by atoms with Crippen LogP contribution >= 0.6 is 11.3 Å². The Morgan fingerprint density at radius 3 is 2.52 bits per heavy atom. The topological polar surface area (TPSA) is 138 Å². The molecule has 27 heavy (non-hydrogen) atoms. The highest BCUT2D eigenvalue weighted by Gasteiger charge is 2.16. The number of hydrogen-bond donors (Lipinski definition) is 4. The largest absolute Gasteiger partial charge is 0.504 e. The van der Waals surface area contributed by atoms with Crippen LogP contribution in [0, 0.1) is 0 Å². The lowest BCUT2D eigenvalue weighted by atomic mass is 10.2. The first-order valence-electron chi connectivity index (χ1n) is 7.54. The number of ether oxygens (including phenoxy) is 2. The number of nitrogens with zero attached hydrogens (tertiary/aromatic N) is 1. The first-order valence-corrected chi connectivity index (χ1v) is 8.35. The van der Waals surface area contributed by atoms with Crippen molar-refractivity contribution in [2.45, 2.75) is 0 Å². The molecule has 0 aliphatic rings. The normalized spacial score (nSPS) is 10.6. The Kier molecular flexibility index (Phi) is 4.99. The average molecular weight is 390 g/mol. The molecule has 4 N–H and O–H groups in total. The number of hydrogen-bond acceptors (Lipinski definition) is 9.